The van der Waals surface area contributed by atoms with E-state index in [1.165, 1.54) is 12.1 Å². The number of anilines is 2. The topological polar surface area (TPSA) is 104 Å². The van der Waals surface area contributed by atoms with E-state index < -0.39 is 16.8 Å². The lowest BCUT2D eigenvalue weighted by Crippen LogP contribution is -2.58. The van der Waals surface area contributed by atoms with Crippen molar-refractivity contribution < 1.29 is 14.1 Å². The molecule has 0 saturated carbocycles. The summed E-state index contributed by atoms with van der Waals surface area (Å²) in [5.74, 6) is -0.321. The number of nitro groups is 1. The molecule has 0 spiro atoms. The molecule has 1 aromatic carbocycles. The van der Waals surface area contributed by atoms with Crippen LogP contribution in [0.25, 0.3) is 0 Å². The van der Waals surface area contributed by atoms with Gasteiger partial charge in [0.15, 0.2) is 5.82 Å². The van der Waals surface area contributed by atoms with Crippen molar-refractivity contribution in [2.45, 2.75) is 12.6 Å². The number of nitrogens with one attached hydrogen (secondary N) is 1. The minimum Gasteiger partial charge on any atom is -0.356 e. The molecular formula is C16H15FN6O3. The van der Waals surface area contributed by atoms with Crippen LogP contribution in [0.2, 0.25) is 0 Å². The highest BCUT2D eigenvalue weighted by molar-refractivity contribution is 5.88. The van der Waals surface area contributed by atoms with E-state index in [-0.39, 0.29) is 18.1 Å². The monoisotopic (exact) mass is 358 g/mol. The summed E-state index contributed by atoms with van der Waals surface area (Å²) in [7, 11) is 0. The van der Waals surface area contributed by atoms with Gasteiger partial charge in [-0.15, -0.1) is 0 Å². The molecule has 2 aromatic rings. The molecule has 134 valence electrons. The highest BCUT2D eigenvalue weighted by Gasteiger charge is 2.36. The smallest absolute Gasteiger partial charge is 0.269 e. The number of hydrogen-bond donors (Lipinski definition) is 1. The molecule has 3 heterocycles. The van der Waals surface area contributed by atoms with Crippen molar-refractivity contribution in [2.75, 3.05) is 29.4 Å². The normalized spacial score (nSPS) is 19.3. The SMILES string of the molecule is O=C1NCc2cc([N+](=O)[O-])ccc2N2CCN(c3ncc(F)cn3)CC12. The standard InChI is InChI=1S/C16H15FN6O3/c17-11-7-19-16(20-8-11)21-3-4-22-13-2-1-12(23(25)26)5-10(13)6-18-15(24)14(22)9-21/h1-2,5,7-8,14H,3-4,6,9H2,(H,18,24). The van der Waals surface area contributed by atoms with Crippen molar-refractivity contribution >= 4 is 23.2 Å². The fourth-order valence-electron chi connectivity index (χ4n) is 3.35. The van der Waals surface area contributed by atoms with Gasteiger partial charge in [-0.1, -0.05) is 0 Å². The number of benzene rings is 1. The number of amides is 1. The van der Waals surface area contributed by atoms with E-state index in [1.807, 2.05) is 9.80 Å². The van der Waals surface area contributed by atoms with Gasteiger partial charge in [0.1, 0.15) is 6.04 Å². The lowest BCUT2D eigenvalue weighted by atomic mass is 10.1. The third-order valence-corrected chi connectivity index (χ3v) is 4.61. The summed E-state index contributed by atoms with van der Waals surface area (Å²) in [4.78, 5) is 34.8. The first-order chi connectivity index (χ1) is 12.5. The third kappa shape index (κ3) is 2.79. The first-order valence-corrected chi connectivity index (χ1v) is 8.07. The zero-order valence-electron chi connectivity index (χ0n) is 13.6. The Morgan fingerprint density at radius 1 is 1.27 bits per heavy atom. The highest BCUT2D eigenvalue weighted by atomic mass is 19.1. The van der Waals surface area contributed by atoms with E-state index in [9.17, 15) is 19.3 Å². The molecule has 1 amide bonds. The van der Waals surface area contributed by atoms with Crippen molar-refractivity contribution in [1.29, 1.82) is 0 Å². The Hall–Kier alpha value is -3.30. The van der Waals surface area contributed by atoms with Gasteiger partial charge in [0.2, 0.25) is 11.9 Å². The van der Waals surface area contributed by atoms with Gasteiger partial charge in [0.25, 0.3) is 5.69 Å². The van der Waals surface area contributed by atoms with E-state index in [0.717, 1.165) is 18.1 Å². The van der Waals surface area contributed by atoms with Crippen LogP contribution in [-0.4, -0.2) is 46.5 Å². The molecule has 0 radical (unpaired) electrons. The second-order valence-electron chi connectivity index (χ2n) is 6.14. The van der Waals surface area contributed by atoms with Crippen LogP contribution < -0.4 is 15.1 Å². The van der Waals surface area contributed by atoms with E-state index in [0.29, 0.717) is 31.1 Å². The lowest BCUT2D eigenvalue weighted by molar-refractivity contribution is -0.384. The molecule has 1 unspecified atom stereocenters. The van der Waals surface area contributed by atoms with Crippen molar-refractivity contribution in [1.82, 2.24) is 15.3 Å². The summed E-state index contributed by atoms with van der Waals surface area (Å²) < 4.78 is 13.0. The summed E-state index contributed by atoms with van der Waals surface area (Å²) in [6.45, 7) is 1.64. The number of non-ortho nitro benzene ring substituents is 1. The molecule has 2 aliphatic heterocycles. The number of piperazine rings is 1. The summed E-state index contributed by atoms with van der Waals surface area (Å²) in [5, 5.41) is 13.8. The Bertz CT molecular complexity index is 875. The van der Waals surface area contributed by atoms with Gasteiger partial charge in [-0.05, 0) is 6.07 Å². The number of nitro benzene ring substituents is 1. The molecule has 1 fully saturated rings. The number of fused-ring (bicyclic) bond motifs is 3. The second kappa shape index (κ2) is 6.21. The number of rotatable bonds is 2. The summed E-state index contributed by atoms with van der Waals surface area (Å²) in [6, 6.07) is 4.14. The van der Waals surface area contributed by atoms with Gasteiger partial charge in [0, 0.05) is 43.0 Å². The number of aromatic nitrogens is 2. The van der Waals surface area contributed by atoms with E-state index in [1.54, 1.807) is 6.07 Å². The van der Waals surface area contributed by atoms with Crippen LogP contribution in [0, 0.1) is 15.9 Å². The third-order valence-electron chi connectivity index (χ3n) is 4.61. The van der Waals surface area contributed by atoms with Crippen LogP contribution in [0.4, 0.5) is 21.7 Å². The lowest BCUT2D eigenvalue weighted by Gasteiger charge is -2.41. The van der Waals surface area contributed by atoms with Gasteiger partial charge in [-0.2, -0.15) is 0 Å². The highest BCUT2D eigenvalue weighted by Crippen LogP contribution is 2.31. The van der Waals surface area contributed by atoms with Crippen LogP contribution in [0.5, 0.6) is 0 Å². The van der Waals surface area contributed by atoms with E-state index in [4.69, 9.17) is 0 Å². The van der Waals surface area contributed by atoms with Gasteiger partial charge in [-0.25, -0.2) is 14.4 Å². The average molecular weight is 358 g/mol. The number of carbonyl (C=O) groups excluding carboxylic acids is 1. The van der Waals surface area contributed by atoms with Crippen LogP contribution in [-0.2, 0) is 11.3 Å². The molecule has 0 aliphatic carbocycles. The largest absolute Gasteiger partial charge is 0.356 e. The maximum Gasteiger partial charge on any atom is 0.269 e. The quantitative estimate of drug-likeness (QED) is 0.627. The van der Waals surface area contributed by atoms with Gasteiger partial charge in [0.05, 0.1) is 23.9 Å². The Kier molecular flexibility index (Phi) is 3.86. The minimum absolute atomic E-state index is 0.00482. The van der Waals surface area contributed by atoms with Gasteiger partial charge in [-0.3, -0.25) is 14.9 Å². The molecule has 1 aromatic heterocycles. The molecule has 1 saturated heterocycles. The van der Waals surface area contributed by atoms with Crippen molar-refractivity contribution in [3.8, 4) is 0 Å². The van der Waals surface area contributed by atoms with Crippen molar-refractivity contribution in [3.63, 3.8) is 0 Å². The Labute approximate surface area is 147 Å². The molecule has 9 nitrogen and oxygen atoms in total. The van der Waals surface area contributed by atoms with Gasteiger partial charge >= 0.3 is 0 Å². The molecule has 1 atom stereocenters. The first-order valence-electron chi connectivity index (χ1n) is 8.07. The fourth-order valence-corrected chi connectivity index (χ4v) is 3.35. The number of carbonyl (C=O) groups is 1. The van der Waals surface area contributed by atoms with Crippen LogP contribution in [0.15, 0.2) is 30.6 Å². The van der Waals surface area contributed by atoms with E-state index >= 15 is 0 Å². The van der Waals surface area contributed by atoms with Crippen molar-refractivity contribution in [2.24, 2.45) is 0 Å². The zero-order chi connectivity index (χ0) is 18.3. The van der Waals surface area contributed by atoms with Crippen LogP contribution in [0.3, 0.4) is 0 Å². The molecule has 4 rings (SSSR count). The summed E-state index contributed by atoms with van der Waals surface area (Å²) in [5.41, 5.74) is 1.51. The molecule has 26 heavy (non-hydrogen) atoms. The minimum atomic E-state index is -0.518. The first kappa shape index (κ1) is 16.2. The molecule has 1 N–H and O–H groups in total. The molecule has 0 bridgehead atoms. The van der Waals surface area contributed by atoms with Gasteiger partial charge < -0.3 is 15.1 Å². The molecule has 10 heteroatoms. The number of nitrogens with zero attached hydrogens (tertiary/aromatic N) is 5. The van der Waals surface area contributed by atoms with Crippen molar-refractivity contribution in [3.05, 3.63) is 52.1 Å². The van der Waals surface area contributed by atoms with Crippen LogP contribution in [0.1, 0.15) is 5.56 Å². The predicted molar refractivity (Wildman–Crippen MR) is 90.3 cm³/mol. The average Bonchev–Trinajstić information content (AvgIpc) is 2.79. The predicted octanol–water partition coefficient (Wildman–Crippen LogP) is 0.849. The Morgan fingerprint density at radius 3 is 2.77 bits per heavy atom. The maximum atomic E-state index is 13.0. The fraction of sp³-hybridized carbons (Fsp3) is 0.312. The maximum absolute atomic E-state index is 13.0. The second-order valence-corrected chi connectivity index (χ2v) is 6.14. The van der Waals surface area contributed by atoms with E-state index in [2.05, 4.69) is 15.3 Å². The Balaban J connectivity index is 1.64. The zero-order valence-corrected chi connectivity index (χ0v) is 13.6. The molecular weight excluding hydrogens is 343 g/mol. The number of halogens is 1. The summed E-state index contributed by atoms with van der Waals surface area (Å²) >= 11 is 0. The Morgan fingerprint density at radius 2 is 2.04 bits per heavy atom. The molecule has 2 aliphatic rings. The summed E-state index contributed by atoms with van der Waals surface area (Å²) in [6.07, 6.45) is 2.19. The van der Waals surface area contributed by atoms with Crippen LogP contribution >= 0.6 is 0 Å². The number of hydrogen-bond acceptors (Lipinski definition) is 7.